The summed E-state index contributed by atoms with van der Waals surface area (Å²) in [5.74, 6) is 0.164. The third-order valence-corrected chi connectivity index (χ3v) is 5.31. The fourth-order valence-corrected chi connectivity index (χ4v) is 3.90. The van der Waals surface area contributed by atoms with Gasteiger partial charge in [0.15, 0.2) is 0 Å². The summed E-state index contributed by atoms with van der Waals surface area (Å²) >= 11 is 0. The predicted octanol–water partition coefficient (Wildman–Crippen LogP) is 2.08. The van der Waals surface area contributed by atoms with Crippen molar-refractivity contribution in [2.75, 3.05) is 13.1 Å². The molecule has 2 fully saturated rings. The zero-order valence-corrected chi connectivity index (χ0v) is 12.3. The summed E-state index contributed by atoms with van der Waals surface area (Å²) in [6.07, 6.45) is 6.03. The van der Waals surface area contributed by atoms with E-state index in [0.717, 1.165) is 38.3 Å². The van der Waals surface area contributed by atoms with E-state index in [4.69, 9.17) is 5.73 Å². The van der Waals surface area contributed by atoms with E-state index >= 15 is 0 Å². The molecule has 0 aromatic carbocycles. The van der Waals surface area contributed by atoms with Gasteiger partial charge in [-0.25, -0.2) is 0 Å². The molecule has 0 aromatic heterocycles. The highest BCUT2D eigenvalue weighted by atomic mass is 16.4. The summed E-state index contributed by atoms with van der Waals surface area (Å²) in [4.78, 5) is 13.9. The number of nitrogens with two attached hydrogens (primary N) is 1. The molecule has 1 aliphatic heterocycles. The lowest BCUT2D eigenvalue weighted by Gasteiger charge is -2.38. The minimum absolute atomic E-state index is 0.150. The first-order valence-corrected chi connectivity index (χ1v) is 7.70. The summed E-state index contributed by atoms with van der Waals surface area (Å²) in [5.41, 5.74) is 5.13. The molecular formula is C15H28N2O2. The van der Waals surface area contributed by atoms with Crippen LogP contribution in [0.3, 0.4) is 0 Å². The maximum atomic E-state index is 11.4. The Kier molecular flexibility index (Phi) is 4.51. The second-order valence-electron chi connectivity index (χ2n) is 6.74. The van der Waals surface area contributed by atoms with Crippen molar-refractivity contribution in [2.24, 2.45) is 17.6 Å². The van der Waals surface area contributed by atoms with E-state index in [9.17, 15) is 9.90 Å². The van der Waals surface area contributed by atoms with Crippen molar-refractivity contribution in [3.05, 3.63) is 0 Å². The van der Waals surface area contributed by atoms with E-state index in [2.05, 4.69) is 18.7 Å². The number of likely N-dealkylation sites (tertiary alicyclic amines) is 1. The number of aliphatic carboxylic acids is 1. The Morgan fingerprint density at radius 3 is 2.79 bits per heavy atom. The van der Waals surface area contributed by atoms with Crippen LogP contribution in [0.4, 0.5) is 0 Å². The molecule has 1 saturated carbocycles. The quantitative estimate of drug-likeness (QED) is 0.819. The number of nitrogens with zero attached hydrogens (tertiary/aromatic N) is 1. The van der Waals surface area contributed by atoms with Gasteiger partial charge in [-0.3, -0.25) is 4.79 Å². The highest BCUT2D eigenvalue weighted by molar-refractivity contribution is 5.79. The smallest absolute Gasteiger partial charge is 0.323 e. The van der Waals surface area contributed by atoms with Gasteiger partial charge < -0.3 is 15.7 Å². The first-order valence-electron chi connectivity index (χ1n) is 7.70. The molecule has 0 radical (unpaired) electrons. The first-order chi connectivity index (χ1) is 8.93. The maximum absolute atomic E-state index is 11.4. The summed E-state index contributed by atoms with van der Waals surface area (Å²) < 4.78 is 0. The van der Waals surface area contributed by atoms with Gasteiger partial charge in [-0.05, 0) is 64.0 Å². The van der Waals surface area contributed by atoms with Crippen molar-refractivity contribution >= 4 is 5.97 Å². The minimum atomic E-state index is -0.966. The van der Waals surface area contributed by atoms with Crippen LogP contribution in [0.25, 0.3) is 0 Å². The molecule has 110 valence electrons. The third-order valence-electron chi connectivity index (χ3n) is 5.31. The Morgan fingerprint density at radius 1 is 1.42 bits per heavy atom. The zero-order chi connectivity index (χ0) is 14.0. The normalized spacial score (nSPS) is 40.5. The first kappa shape index (κ1) is 14.8. The topological polar surface area (TPSA) is 66.6 Å². The summed E-state index contributed by atoms with van der Waals surface area (Å²) in [6, 6.07) is 0.627. The van der Waals surface area contributed by atoms with Gasteiger partial charge in [0.1, 0.15) is 5.54 Å². The number of hydrogen-bond donors (Lipinski definition) is 2. The molecule has 0 spiro atoms. The van der Waals surface area contributed by atoms with Crippen molar-refractivity contribution in [3.8, 4) is 0 Å². The summed E-state index contributed by atoms with van der Waals surface area (Å²) in [6.45, 7) is 6.77. The van der Waals surface area contributed by atoms with Gasteiger partial charge in [0, 0.05) is 6.04 Å². The van der Waals surface area contributed by atoms with Crippen LogP contribution in [-0.4, -0.2) is 40.6 Å². The Labute approximate surface area is 116 Å². The predicted molar refractivity (Wildman–Crippen MR) is 75.9 cm³/mol. The number of carboxylic acids is 1. The van der Waals surface area contributed by atoms with E-state index in [1.165, 1.54) is 12.8 Å². The minimum Gasteiger partial charge on any atom is -0.480 e. The number of carbonyl (C=O) groups is 1. The molecule has 19 heavy (non-hydrogen) atoms. The highest BCUT2D eigenvalue weighted by Crippen LogP contribution is 2.37. The van der Waals surface area contributed by atoms with Crippen LogP contribution in [0, 0.1) is 11.8 Å². The van der Waals surface area contributed by atoms with E-state index in [-0.39, 0.29) is 5.92 Å². The fraction of sp³-hybridized carbons (Fsp3) is 0.933. The van der Waals surface area contributed by atoms with Crippen LogP contribution < -0.4 is 5.73 Å². The Bertz CT molecular complexity index is 334. The Morgan fingerprint density at radius 2 is 2.16 bits per heavy atom. The molecule has 1 saturated heterocycles. The third kappa shape index (κ3) is 3.11. The zero-order valence-electron chi connectivity index (χ0n) is 12.3. The molecule has 2 aliphatic rings. The standard InChI is InChI=1S/C15H28N2O2/c1-11-5-8-17(12(2)10-11)9-6-13-4-3-7-15(13,16)14(18)19/h11-13H,3-10,16H2,1-2H3,(H,18,19). The highest BCUT2D eigenvalue weighted by Gasteiger charge is 2.45. The van der Waals surface area contributed by atoms with Gasteiger partial charge in [-0.2, -0.15) is 0 Å². The molecule has 2 rings (SSSR count). The number of piperidine rings is 1. The molecule has 1 heterocycles. The van der Waals surface area contributed by atoms with Crippen LogP contribution in [0.5, 0.6) is 0 Å². The fourth-order valence-electron chi connectivity index (χ4n) is 3.90. The van der Waals surface area contributed by atoms with Crippen molar-refractivity contribution in [2.45, 2.75) is 64.0 Å². The molecule has 4 heteroatoms. The van der Waals surface area contributed by atoms with Crippen molar-refractivity contribution in [1.82, 2.24) is 4.90 Å². The van der Waals surface area contributed by atoms with Crippen molar-refractivity contribution in [3.63, 3.8) is 0 Å². The number of rotatable bonds is 4. The van der Waals surface area contributed by atoms with Gasteiger partial charge in [-0.15, -0.1) is 0 Å². The van der Waals surface area contributed by atoms with Gasteiger partial charge in [0.25, 0.3) is 0 Å². The van der Waals surface area contributed by atoms with Crippen LogP contribution in [0.2, 0.25) is 0 Å². The average Bonchev–Trinajstić information content (AvgIpc) is 2.71. The SMILES string of the molecule is CC1CCN(CCC2CCCC2(N)C(=O)O)C(C)C1. The molecule has 3 N–H and O–H groups in total. The molecule has 0 bridgehead atoms. The van der Waals surface area contributed by atoms with Crippen LogP contribution >= 0.6 is 0 Å². The van der Waals surface area contributed by atoms with Crippen LogP contribution in [0.15, 0.2) is 0 Å². The molecule has 0 aromatic rings. The van der Waals surface area contributed by atoms with Crippen molar-refractivity contribution in [1.29, 1.82) is 0 Å². The average molecular weight is 268 g/mol. The van der Waals surface area contributed by atoms with Gasteiger partial charge in [-0.1, -0.05) is 13.3 Å². The molecule has 4 nitrogen and oxygen atoms in total. The summed E-state index contributed by atoms with van der Waals surface area (Å²) in [7, 11) is 0. The molecule has 1 aliphatic carbocycles. The van der Waals surface area contributed by atoms with Crippen LogP contribution in [-0.2, 0) is 4.79 Å². The Hall–Kier alpha value is -0.610. The lowest BCUT2D eigenvalue weighted by atomic mass is 9.85. The lowest BCUT2D eigenvalue weighted by Crippen LogP contribution is -2.52. The number of hydrogen-bond acceptors (Lipinski definition) is 3. The van der Waals surface area contributed by atoms with Crippen molar-refractivity contribution < 1.29 is 9.90 Å². The second kappa shape index (κ2) is 5.80. The molecule has 4 unspecified atom stereocenters. The molecule has 0 amide bonds. The van der Waals surface area contributed by atoms with Gasteiger partial charge in [0.05, 0.1) is 0 Å². The van der Waals surface area contributed by atoms with Gasteiger partial charge in [0.2, 0.25) is 0 Å². The maximum Gasteiger partial charge on any atom is 0.323 e. The van der Waals surface area contributed by atoms with E-state index in [1.54, 1.807) is 0 Å². The molecule has 4 atom stereocenters. The molecular weight excluding hydrogens is 240 g/mol. The lowest BCUT2D eigenvalue weighted by molar-refractivity contribution is -0.144. The second-order valence-corrected chi connectivity index (χ2v) is 6.74. The largest absolute Gasteiger partial charge is 0.480 e. The summed E-state index contributed by atoms with van der Waals surface area (Å²) in [5, 5.41) is 9.33. The number of carboxylic acid groups (broad SMARTS) is 1. The monoisotopic (exact) mass is 268 g/mol. The Balaban J connectivity index is 1.87. The van der Waals surface area contributed by atoms with E-state index < -0.39 is 11.5 Å². The van der Waals surface area contributed by atoms with Gasteiger partial charge >= 0.3 is 5.97 Å². The van der Waals surface area contributed by atoms with E-state index in [0.29, 0.717) is 12.5 Å². The van der Waals surface area contributed by atoms with Crippen LogP contribution in [0.1, 0.15) is 52.4 Å². The van der Waals surface area contributed by atoms with E-state index in [1.807, 2.05) is 0 Å².